The molecule has 0 aliphatic carbocycles. The maximum Gasteiger partial charge on any atom is 0.156 e. The van der Waals surface area contributed by atoms with Crippen LogP contribution >= 0.6 is 0 Å². The van der Waals surface area contributed by atoms with Gasteiger partial charge in [0.25, 0.3) is 0 Å². The van der Waals surface area contributed by atoms with Crippen LogP contribution < -0.4 is 4.90 Å². The van der Waals surface area contributed by atoms with Crippen molar-refractivity contribution in [2.75, 3.05) is 4.90 Å². The number of benzene rings is 5. The Morgan fingerprint density at radius 2 is 1.09 bits per heavy atom. The Morgan fingerprint density at radius 1 is 0.523 bits per heavy atom. The van der Waals surface area contributed by atoms with E-state index in [4.69, 9.17) is 4.98 Å². The van der Waals surface area contributed by atoms with E-state index in [-0.39, 0.29) is 5.92 Å². The Labute approximate surface area is 261 Å². The Bertz CT molecular complexity index is 1800. The van der Waals surface area contributed by atoms with Crippen molar-refractivity contribution in [3.63, 3.8) is 0 Å². The standard InChI is InChI=1S/C41H39N3/c1-27-21-29(3)39(30(4)22-27)41(40-31(5)23-28(2)24-32(40)6)34-15-17-36(18-16-34)44(38-26-42-19-20-43-38)37-14-10-13-35(25-37)33-11-8-7-9-12-33/h7-26,41H,1-6H3. The summed E-state index contributed by atoms with van der Waals surface area (Å²) in [6.07, 6.45) is 5.29. The highest BCUT2D eigenvalue weighted by Crippen LogP contribution is 2.42. The largest absolute Gasteiger partial charge is 0.294 e. The Kier molecular flexibility index (Phi) is 8.13. The first kappa shape index (κ1) is 29.1. The second kappa shape index (κ2) is 12.3. The van der Waals surface area contributed by atoms with Crippen LogP contribution in [0.4, 0.5) is 17.2 Å². The van der Waals surface area contributed by atoms with E-state index in [0.717, 1.165) is 22.8 Å². The molecule has 0 amide bonds. The summed E-state index contributed by atoms with van der Waals surface area (Å²) in [4.78, 5) is 11.3. The van der Waals surface area contributed by atoms with E-state index in [1.54, 1.807) is 12.4 Å². The Hall–Kier alpha value is -5.02. The summed E-state index contributed by atoms with van der Waals surface area (Å²) in [5.41, 5.74) is 16.4. The van der Waals surface area contributed by atoms with Crippen LogP contribution in [0.1, 0.15) is 56.0 Å². The van der Waals surface area contributed by atoms with Gasteiger partial charge in [0, 0.05) is 29.7 Å². The van der Waals surface area contributed by atoms with E-state index in [1.165, 1.54) is 55.6 Å². The lowest BCUT2D eigenvalue weighted by Gasteiger charge is -2.28. The first-order valence-corrected chi connectivity index (χ1v) is 15.3. The van der Waals surface area contributed by atoms with Gasteiger partial charge in [0.15, 0.2) is 5.82 Å². The third kappa shape index (κ3) is 5.78. The number of aryl methyl sites for hydroxylation is 6. The minimum Gasteiger partial charge on any atom is -0.294 e. The average Bonchev–Trinajstić information content (AvgIpc) is 3.01. The quantitative estimate of drug-likeness (QED) is 0.178. The summed E-state index contributed by atoms with van der Waals surface area (Å²) in [5.74, 6) is 0.897. The van der Waals surface area contributed by atoms with Gasteiger partial charge < -0.3 is 0 Å². The summed E-state index contributed by atoms with van der Waals surface area (Å²) in [6.45, 7) is 13.4. The highest BCUT2D eigenvalue weighted by molar-refractivity contribution is 5.78. The highest BCUT2D eigenvalue weighted by Gasteiger charge is 2.25. The SMILES string of the molecule is Cc1cc(C)c(C(c2ccc(N(c3cccc(-c4ccccc4)c3)c3cnccn3)cc2)c2c(C)cc(C)cc2C)c(C)c1. The van der Waals surface area contributed by atoms with Gasteiger partial charge in [-0.25, -0.2) is 4.98 Å². The molecule has 1 heterocycles. The smallest absolute Gasteiger partial charge is 0.156 e. The van der Waals surface area contributed by atoms with E-state index in [1.807, 2.05) is 12.3 Å². The second-order valence-corrected chi connectivity index (χ2v) is 12.0. The number of hydrogen-bond donors (Lipinski definition) is 0. The van der Waals surface area contributed by atoms with Crippen molar-refractivity contribution in [2.45, 2.75) is 47.5 Å². The molecule has 0 fully saturated rings. The number of aromatic nitrogens is 2. The van der Waals surface area contributed by atoms with E-state index < -0.39 is 0 Å². The molecule has 3 heteroatoms. The molecule has 0 radical (unpaired) electrons. The van der Waals surface area contributed by atoms with Crippen molar-refractivity contribution in [3.8, 4) is 11.1 Å². The average molecular weight is 574 g/mol. The zero-order valence-corrected chi connectivity index (χ0v) is 26.5. The van der Waals surface area contributed by atoms with Crippen molar-refractivity contribution in [1.82, 2.24) is 9.97 Å². The van der Waals surface area contributed by atoms with Crippen molar-refractivity contribution in [2.24, 2.45) is 0 Å². The number of nitrogens with zero attached hydrogens (tertiary/aromatic N) is 3. The minimum absolute atomic E-state index is 0.122. The van der Waals surface area contributed by atoms with Crippen molar-refractivity contribution < 1.29 is 0 Å². The van der Waals surface area contributed by atoms with Gasteiger partial charge in [0.1, 0.15) is 0 Å². The van der Waals surface area contributed by atoms with Crippen LogP contribution in [-0.2, 0) is 0 Å². The molecule has 0 N–H and O–H groups in total. The molecule has 6 rings (SSSR count). The fraction of sp³-hybridized carbons (Fsp3) is 0.171. The van der Waals surface area contributed by atoms with Gasteiger partial charge in [0.05, 0.1) is 6.20 Å². The lowest BCUT2D eigenvalue weighted by Crippen LogP contribution is -2.13. The second-order valence-electron chi connectivity index (χ2n) is 12.0. The molecule has 6 aromatic rings. The summed E-state index contributed by atoms with van der Waals surface area (Å²) in [6, 6.07) is 37.4. The molecule has 44 heavy (non-hydrogen) atoms. The molecule has 0 aliphatic rings. The minimum atomic E-state index is 0.122. The zero-order chi connectivity index (χ0) is 30.8. The van der Waals surface area contributed by atoms with E-state index in [9.17, 15) is 0 Å². The predicted octanol–water partition coefficient (Wildman–Crippen LogP) is 10.6. The van der Waals surface area contributed by atoms with Gasteiger partial charge in [-0.1, -0.05) is 90.0 Å². The molecular weight excluding hydrogens is 534 g/mol. The third-order valence-corrected chi connectivity index (χ3v) is 8.53. The number of anilines is 3. The van der Waals surface area contributed by atoms with Crippen LogP contribution in [0.2, 0.25) is 0 Å². The van der Waals surface area contributed by atoms with Gasteiger partial charge in [-0.05, 0) is 116 Å². The number of hydrogen-bond acceptors (Lipinski definition) is 3. The monoisotopic (exact) mass is 573 g/mol. The predicted molar refractivity (Wildman–Crippen MR) is 184 cm³/mol. The van der Waals surface area contributed by atoms with Crippen molar-refractivity contribution in [1.29, 1.82) is 0 Å². The zero-order valence-electron chi connectivity index (χ0n) is 26.5. The molecule has 0 saturated heterocycles. The van der Waals surface area contributed by atoms with Crippen LogP contribution in [0, 0.1) is 41.5 Å². The van der Waals surface area contributed by atoms with Gasteiger partial charge >= 0.3 is 0 Å². The fourth-order valence-corrected chi connectivity index (χ4v) is 6.86. The van der Waals surface area contributed by atoms with Gasteiger partial charge in [0.2, 0.25) is 0 Å². The summed E-state index contributed by atoms with van der Waals surface area (Å²) in [5, 5.41) is 0. The summed E-state index contributed by atoms with van der Waals surface area (Å²) in [7, 11) is 0. The number of rotatable bonds is 7. The van der Waals surface area contributed by atoms with E-state index in [2.05, 4.69) is 148 Å². The van der Waals surface area contributed by atoms with Crippen LogP contribution in [0.25, 0.3) is 11.1 Å². The normalized spacial score (nSPS) is 11.2. The lowest BCUT2D eigenvalue weighted by atomic mass is 9.77. The van der Waals surface area contributed by atoms with E-state index in [0.29, 0.717) is 0 Å². The first-order valence-electron chi connectivity index (χ1n) is 15.3. The van der Waals surface area contributed by atoms with Crippen molar-refractivity contribution >= 4 is 17.2 Å². The molecular formula is C41H39N3. The van der Waals surface area contributed by atoms with Gasteiger partial charge in [-0.2, -0.15) is 0 Å². The Morgan fingerprint density at radius 3 is 1.64 bits per heavy atom. The van der Waals surface area contributed by atoms with Crippen molar-refractivity contribution in [3.05, 3.63) is 172 Å². The molecule has 218 valence electrons. The van der Waals surface area contributed by atoms with Crippen LogP contribution in [0.5, 0.6) is 0 Å². The molecule has 1 aromatic heterocycles. The van der Waals surface area contributed by atoms with Crippen LogP contribution in [-0.4, -0.2) is 9.97 Å². The molecule has 0 saturated carbocycles. The molecule has 0 unspecified atom stereocenters. The summed E-state index contributed by atoms with van der Waals surface area (Å²) >= 11 is 0. The maximum atomic E-state index is 4.71. The van der Waals surface area contributed by atoms with Crippen LogP contribution in [0.15, 0.2) is 122 Å². The third-order valence-electron chi connectivity index (χ3n) is 8.53. The van der Waals surface area contributed by atoms with E-state index >= 15 is 0 Å². The molecule has 0 spiro atoms. The maximum absolute atomic E-state index is 4.71. The fourth-order valence-electron chi connectivity index (χ4n) is 6.86. The first-order chi connectivity index (χ1) is 21.3. The van der Waals surface area contributed by atoms with Crippen LogP contribution in [0.3, 0.4) is 0 Å². The molecule has 0 atom stereocenters. The summed E-state index contributed by atoms with van der Waals surface area (Å²) < 4.78 is 0. The molecule has 5 aromatic carbocycles. The van der Waals surface area contributed by atoms with Gasteiger partial charge in [-0.3, -0.25) is 9.88 Å². The highest BCUT2D eigenvalue weighted by atomic mass is 15.2. The van der Waals surface area contributed by atoms with Gasteiger partial charge in [-0.15, -0.1) is 0 Å². The molecule has 3 nitrogen and oxygen atoms in total. The molecule has 0 bridgehead atoms. The lowest BCUT2D eigenvalue weighted by molar-refractivity contribution is 0.919. The Balaban J connectivity index is 1.49. The topological polar surface area (TPSA) is 29.0 Å². The molecule has 0 aliphatic heterocycles.